The summed E-state index contributed by atoms with van der Waals surface area (Å²) in [6.07, 6.45) is 0.939. The van der Waals surface area contributed by atoms with Crippen LogP contribution in [0.3, 0.4) is 0 Å². The van der Waals surface area contributed by atoms with Crippen molar-refractivity contribution in [2.45, 2.75) is 26.2 Å². The quantitative estimate of drug-likeness (QED) is 0.692. The van der Waals surface area contributed by atoms with E-state index in [0.29, 0.717) is 28.1 Å². The maximum absolute atomic E-state index is 13.5. The minimum atomic E-state index is -1.09. The van der Waals surface area contributed by atoms with Crippen LogP contribution in [0.5, 0.6) is 0 Å². The van der Waals surface area contributed by atoms with Crippen LogP contribution in [0.4, 0.5) is 8.78 Å². The zero-order valence-corrected chi connectivity index (χ0v) is 13.9. The number of aromatic carboxylic acids is 1. The molecule has 1 unspecified atom stereocenters. The van der Waals surface area contributed by atoms with Gasteiger partial charge in [-0.05, 0) is 54.3 Å². The molecule has 3 nitrogen and oxygen atoms in total. The maximum atomic E-state index is 13.5. The number of aromatic nitrogens is 1. The van der Waals surface area contributed by atoms with Gasteiger partial charge in [-0.15, -0.1) is 0 Å². The molecule has 0 aliphatic carbocycles. The van der Waals surface area contributed by atoms with Crippen molar-refractivity contribution >= 4 is 16.9 Å². The Balaban J connectivity index is 2.23. The molecule has 0 spiro atoms. The maximum Gasteiger partial charge on any atom is 0.336 e. The van der Waals surface area contributed by atoms with Crippen molar-refractivity contribution in [2.24, 2.45) is 0 Å². The van der Waals surface area contributed by atoms with E-state index < -0.39 is 17.6 Å². The Hall–Kier alpha value is -2.82. The molecule has 0 aliphatic heterocycles. The van der Waals surface area contributed by atoms with Crippen LogP contribution in [0.2, 0.25) is 0 Å². The first kappa shape index (κ1) is 17.0. The van der Waals surface area contributed by atoms with E-state index in [1.54, 1.807) is 6.07 Å². The number of rotatable bonds is 4. The van der Waals surface area contributed by atoms with Crippen molar-refractivity contribution < 1.29 is 18.7 Å². The van der Waals surface area contributed by atoms with Crippen molar-refractivity contribution in [3.8, 4) is 11.3 Å². The fraction of sp³-hybridized carbons (Fsp3) is 0.200. The fourth-order valence-corrected chi connectivity index (χ4v) is 2.77. The summed E-state index contributed by atoms with van der Waals surface area (Å²) in [5, 5.41) is 10.1. The van der Waals surface area contributed by atoms with Crippen LogP contribution in [0, 0.1) is 11.6 Å². The molecule has 1 heterocycles. The molecular weight excluding hydrogens is 324 g/mol. The Kier molecular flexibility index (Phi) is 4.49. The monoisotopic (exact) mass is 341 g/mol. The second-order valence-corrected chi connectivity index (χ2v) is 6.07. The third-order valence-electron chi connectivity index (χ3n) is 4.46. The van der Waals surface area contributed by atoms with Gasteiger partial charge in [-0.2, -0.15) is 0 Å². The number of carboxylic acid groups (broad SMARTS) is 1. The van der Waals surface area contributed by atoms with E-state index in [2.05, 4.69) is 18.8 Å². The minimum absolute atomic E-state index is 0.0925. The normalized spacial score (nSPS) is 12.3. The lowest BCUT2D eigenvalue weighted by Gasteiger charge is -2.12. The molecule has 0 amide bonds. The van der Waals surface area contributed by atoms with Crippen LogP contribution < -0.4 is 0 Å². The smallest absolute Gasteiger partial charge is 0.336 e. The highest BCUT2D eigenvalue weighted by molar-refractivity contribution is 6.04. The Labute approximate surface area is 144 Å². The van der Waals surface area contributed by atoms with Crippen LogP contribution in [0.1, 0.15) is 42.1 Å². The van der Waals surface area contributed by atoms with Gasteiger partial charge in [-0.25, -0.2) is 18.6 Å². The fourth-order valence-electron chi connectivity index (χ4n) is 2.77. The van der Waals surface area contributed by atoms with Crippen LogP contribution in [0.15, 0.2) is 42.5 Å². The lowest BCUT2D eigenvalue weighted by atomic mass is 9.95. The van der Waals surface area contributed by atoms with Crippen molar-refractivity contribution in [3.05, 3.63) is 65.2 Å². The topological polar surface area (TPSA) is 50.2 Å². The number of carbonyl (C=O) groups is 1. The Bertz CT molecular complexity index is 969. The number of halogens is 2. The molecular formula is C20H17F2NO2. The largest absolute Gasteiger partial charge is 0.478 e. The number of fused-ring (bicyclic) bond motifs is 1. The van der Waals surface area contributed by atoms with Gasteiger partial charge < -0.3 is 5.11 Å². The SMILES string of the molecule is CCC(C)c1ccc2nc(-c3ccc(F)c(F)c3)cc(C(=O)O)c2c1. The zero-order valence-electron chi connectivity index (χ0n) is 13.9. The third-order valence-corrected chi connectivity index (χ3v) is 4.46. The molecule has 0 bridgehead atoms. The summed E-state index contributed by atoms with van der Waals surface area (Å²) < 4.78 is 26.6. The zero-order chi connectivity index (χ0) is 18.1. The molecule has 0 aliphatic rings. The van der Waals surface area contributed by atoms with Crippen LogP contribution >= 0.6 is 0 Å². The van der Waals surface area contributed by atoms with E-state index >= 15 is 0 Å². The first-order valence-corrected chi connectivity index (χ1v) is 8.04. The third kappa shape index (κ3) is 3.22. The number of pyridine rings is 1. The average Bonchev–Trinajstić information content (AvgIpc) is 2.61. The van der Waals surface area contributed by atoms with Crippen molar-refractivity contribution in [1.29, 1.82) is 0 Å². The molecule has 25 heavy (non-hydrogen) atoms. The van der Waals surface area contributed by atoms with Gasteiger partial charge in [0.05, 0.1) is 16.8 Å². The molecule has 1 N–H and O–H groups in total. The van der Waals surface area contributed by atoms with Crippen LogP contribution in [0.25, 0.3) is 22.2 Å². The molecule has 128 valence electrons. The highest BCUT2D eigenvalue weighted by Gasteiger charge is 2.15. The number of nitrogens with zero attached hydrogens (tertiary/aromatic N) is 1. The van der Waals surface area contributed by atoms with E-state index in [9.17, 15) is 18.7 Å². The number of hydrogen-bond donors (Lipinski definition) is 1. The van der Waals surface area contributed by atoms with E-state index in [4.69, 9.17) is 0 Å². The summed E-state index contributed by atoms with van der Waals surface area (Å²) in [6.45, 7) is 4.14. The standard InChI is InChI=1S/C20H17F2NO2/c1-3-11(2)12-5-7-18-14(8-12)15(20(24)25)10-19(23-18)13-4-6-16(21)17(22)9-13/h4-11H,3H2,1-2H3,(H,24,25). The van der Waals surface area contributed by atoms with Crippen LogP contribution in [-0.2, 0) is 0 Å². The highest BCUT2D eigenvalue weighted by Crippen LogP contribution is 2.29. The lowest BCUT2D eigenvalue weighted by Crippen LogP contribution is -2.02. The van der Waals surface area contributed by atoms with Gasteiger partial charge in [0, 0.05) is 10.9 Å². The second kappa shape index (κ2) is 6.59. The molecule has 5 heteroatoms. The molecule has 0 radical (unpaired) electrons. The Morgan fingerprint density at radius 2 is 1.88 bits per heavy atom. The predicted octanol–water partition coefficient (Wildman–Crippen LogP) is 5.39. The molecule has 3 rings (SSSR count). The molecule has 0 fully saturated rings. The van der Waals surface area contributed by atoms with Gasteiger partial charge in [-0.3, -0.25) is 0 Å². The first-order chi connectivity index (χ1) is 11.9. The molecule has 1 aromatic heterocycles. The minimum Gasteiger partial charge on any atom is -0.478 e. The molecule has 0 saturated heterocycles. The summed E-state index contributed by atoms with van der Waals surface area (Å²) in [6, 6.07) is 10.3. The summed E-state index contributed by atoms with van der Waals surface area (Å²) in [4.78, 5) is 16.1. The Morgan fingerprint density at radius 1 is 1.12 bits per heavy atom. The first-order valence-electron chi connectivity index (χ1n) is 8.04. The van der Waals surface area contributed by atoms with Gasteiger partial charge in [-0.1, -0.05) is 19.9 Å². The van der Waals surface area contributed by atoms with Crippen molar-refractivity contribution in [2.75, 3.05) is 0 Å². The van der Waals surface area contributed by atoms with Gasteiger partial charge in [0.1, 0.15) is 0 Å². The lowest BCUT2D eigenvalue weighted by molar-refractivity contribution is 0.0699. The van der Waals surface area contributed by atoms with Crippen molar-refractivity contribution in [1.82, 2.24) is 4.98 Å². The van der Waals surface area contributed by atoms with Gasteiger partial charge >= 0.3 is 5.97 Å². The highest BCUT2D eigenvalue weighted by atomic mass is 19.2. The molecule has 0 saturated carbocycles. The van der Waals surface area contributed by atoms with Gasteiger partial charge in [0.2, 0.25) is 0 Å². The summed E-state index contributed by atoms with van der Waals surface area (Å²) in [5.74, 6) is -2.74. The molecule has 3 aromatic rings. The molecule has 1 atom stereocenters. The van der Waals surface area contributed by atoms with E-state index in [0.717, 1.165) is 24.1 Å². The number of hydrogen-bond acceptors (Lipinski definition) is 2. The molecule has 2 aromatic carbocycles. The predicted molar refractivity (Wildman–Crippen MR) is 92.8 cm³/mol. The summed E-state index contributed by atoms with van der Waals surface area (Å²) in [7, 11) is 0. The van der Waals surface area contributed by atoms with E-state index in [-0.39, 0.29) is 5.56 Å². The Morgan fingerprint density at radius 3 is 2.52 bits per heavy atom. The summed E-state index contributed by atoms with van der Waals surface area (Å²) >= 11 is 0. The van der Waals surface area contributed by atoms with Crippen molar-refractivity contribution in [3.63, 3.8) is 0 Å². The second-order valence-electron chi connectivity index (χ2n) is 6.07. The van der Waals surface area contributed by atoms with Gasteiger partial charge in [0.25, 0.3) is 0 Å². The summed E-state index contributed by atoms with van der Waals surface area (Å²) in [5.41, 5.74) is 2.26. The number of carboxylic acids is 1. The van der Waals surface area contributed by atoms with Crippen LogP contribution in [-0.4, -0.2) is 16.1 Å². The average molecular weight is 341 g/mol. The van der Waals surface area contributed by atoms with E-state index in [1.807, 2.05) is 12.1 Å². The van der Waals surface area contributed by atoms with E-state index in [1.165, 1.54) is 12.1 Å². The van der Waals surface area contributed by atoms with Gasteiger partial charge in [0.15, 0.2) is 11.6 Å². The number of benzene rings is 2.